The number of nitrogens with one attached hydrogen (secondary N) is 1. The third kappa shape index (κ3) is 2.98. The predicted octanol–water partition coefficient (Wildman–Crippen LogP) is 3.33. The van der Waals surface area contributed by atoms with Crippen molar-refractivity contribution in [2.75, 3.05) is 0 Å². The van der Waals surface area contributed by atoms with Crippen LogP contribution in [0.2, 0.25) is 0 Å². The van der Waals surface area contributed by atoms with Crippen LogP contribution < -0.4 is 5.56 Å². The Balaban J connectivity index is 2.70. The van der Waals surface area contributed by atoms with E-state index >= 15 is 0 Å². The van der Waals surface area contributed by atoms with Gasteiger partial charge in [-0.15, -0.1) is 11.6 Å². The number of nitrogens with zero attached hydrogens (tertiary/aromatic N) is 1. The minimum Gasteiger partial charge on any atom is -0.307 e. The van der Waals surface area contributed by atoms with Gasteiger partial charge in [0.2, 0.25) is 0 Å². The normalized spacial score (nSPS) is 11.7. The van der Waals surface area contributed by atoms with Crippen molar-refractivity contribution >= 4 is 11.6 Å². The van der Waals surface area contributed by atoms with Crippen molar-refractivity contribution in [2.45, 2.75) is 12.1 Å². The standard InChI is InChI=1S/C12H7ClF4N2O/c13-5-7-4-10(20)19-11(18-7)8-2-1-6(14)3-9(8)12(15,16)17/h1-4H,5H2,(H,18,19,20). The summed E-state index contributed by atoms with van der Waals surface area (Å²) in [5.41, 5.74) is -2.14. The lowest BCUT2D eigenvalue weighted by Crippen LogP contribution is -2.13. The molecule has 8 heteroatoms. The van der Waals surface area contributed by atoms with Crippen molar-refractivity contribution in [2.24, 2.45) is 0 Å². The van der Waals surface area contributed by atoms with E-state index in [-0.39, 0.29) is 17.4 Å². The molecule has 2 rings (SSSR count). The molecule has 1 heterocycles. The van der Waals surface area contributed by atoms with Crippen molar-refractivity contribution in [1.29, 1.82) is 0 Å². The molecule has 0 bridgehead atoms. The number of aromatic amines is 1. The zero-order valence-electron chi connectivity index (χ0n) is 9.76. The first-order valence-electron chi connectivity index (χ1n) is 5.34. The molecule has 0 aliphatic heterocycles. The van der Waals surface area contributed by atoms with E-state index in [1.54, 1.807) is 0 Å². The molecule has 0 saturated heterocycles. The molecular weight excluding hydrogens is 300 g/mol. The van der Waals surface area contributed by atoms with Gasteiger partial charge in [-0.05, 0) is 18.2 Å². The Morgan fingerprint density at radius 2 is 1.95 bits per heavy atom. The highest BCUT2D eigenvalue weighted by Gasteiger charge is 2.34. The molecule has 106 valence electrons. The monoisotopic (exact) mass is 306 g/mol. The van der Waals surface area contributed by atoms with Crippen LogP contribution in [0, 0.1) is 5.82 Å². The lowest BCUT2D eigenvalue weighted by molar-refractivity contribution is -0.137. The van der Waals surface area contributed by atoms with Gasteiger partial charge in [0.15, 0.2) is 0 Å². The smallest absolute Gasteiger partial charge is 0.307 e. The van der Waals surface area contributed by atoms with Gasteiger partial charge in [-0.25, -0.2) is 9.37 Å². The van der Waals surface area contributed by atoms with E-state index < -0.39 is 28.7 Å². The molecule has 0 atom stereocenters. The van der Waals surface area contributed by atoms with Gasteiger partial charge in [-0.2, -0.15) is 13.2 Å². The van der Waals surface area contributed by atoms with E-state index in [0.29, 0.717) is 6.07 Å². The van der Waals surface area contributed by atoms with E-state index in [2.05, 4.69) is 9.97 Å². The number of halogens is 5. The molecule has 2 aromatic rings. The number of hydrogen-bond donors (Lipinski definition) is 1. The van der Waals surface area contributed by atoms with Gasteiger partial charge < -0.3 is 4.98 Å². The number of alkyl halides is 4. The average molecular weight is 307 g/mol. The maximum atomic E-state index is 13.0. The fourth-order valence-corrected chi connectivity index (χ4v) is 1.80. The highest BCUT2D eigenvalue weighted by Crippen LogP contribution is 2.36. The minimum atomic E-state index is -4.77. The van der Waals surface area contributed by atoms with Crippen LogP contribution in [0.1, 0.15) is 11.3 Å². The summed E-state index contributed by atoms with van der Waals surface area (Å²) >= 11 is 5.52. The Labute approximate surface area is 115 Å². The SMILES string of the molecule is O=c1cc(CCl)nc(-c2ccc(F)cc2C(F)(F)F)[nH]1. The summed E-state index contributed by atoms with van der Waals surface area (Å²) in [5, 5.41) is 0. The van der Waals surface area contributed by atoms with Crippen molar-refractivity contribution in [3.8, 4) is 11.4 Å². The molecular formula is C12H7ClF4N2O. The minimum absolute atomic E-state index is 0.126. The van der Waals surface area contributed by atoms with Crippen LogP contribution >= 0.6 is 11.6 Å². The number of rotatable bonds is 2. The zero-order valence-corrected chi connectivity index (χ0v) is 10.5. The van der Waals surface area contributed by atoms with Gasteiger partial charge >= 0.3 is 6.18 Å². The van der Waals surface area contributed by atoms with Crippen LogP contribution in [0.3, 0.4) is 0 Å². The first kappa shape index (κ1) is 14.5. The molecule has 0 unspecified atom stereocenters. The quantitative estimate of drug-likeness (QED) is 0.683. The molecule has 0 radical (unpaired) electrons. The predicted molar refractivity (Wildman–Crippen MR) is 64.8 cm³/mol. The highest BCUT2D eigenvalue weighted by molar-refractivity contribution is 6.16. The Bertz CT molecular complexity index is 697. The Morgan fingerprint density at radius 1 is 1.25 bits per heavy atom. The van der Waals surface area contributed by atoms with Crippen molar-refractivity contribution in [3.05, 3.63) is 51.7 Å². The number of benzene rings is 1. The number of aromatic nitrogens is 2. The fourth-order valence-electron chi connectivity index (χ4n) is 1.66. The second-order valence-electron chi connectivity index (χ2n) is 3.91. The molecule has 3 nitrogen and oxygen atoms in total. The van der Waals surface area contributed by atoms with Crippen LogP contribution in [0.5, 0.6) is 0 Å². The highest BCUT2D eigenvalue weighted by atomic mass is 35.5. The molecule has 0 fully saturated rings. The van der Waals surface area contributed by atoms with E-state index in [9.17, 15) is 22.4 Å². The summed E-state index contributed by atoms with van der Waals surface area (Å²) in [6.07, 6.45) is -4.77. The van der Waals surface area contributed by atoms with Crippen LogP contribution in [0.4, 0.5) is 17.6 Å². The number of hydrogen-bond acceptors (Lipinski definition) is 2. The Morgan fingerprint density at radius 3 is 2.55 bits per heavy atom. The van der Waals surface area contributed by atoms with Gasteiger partial charge in [0.1, 0.15) is 11.6 Å². The summed E-state index contributed by atoms with van der Waals surface area (Å²) in [5.74, 6) is -1.46. The van der Waals surface area contributed by atoms with Gasteiger partial charge in [0.05, 0.1) is 17.1 Å². The van der Waals surface area contributed by atoms with Crippen LogP contribution in [0.15, 0.2) is 29.1 Å². The lowest BCUT2D eigenvalue weighted by atomic mass is 10.1. The molecule has 0 spiro atoms. The summed E-state index contributed by atoms with van der Waals surface area (Å²) in [4.78, 5) is 17.4. The van der Waals surface area contributed by atoms with E-state index in [0.717, 1.165) is 18.2 Å². The average Bonchev–Trinajstić information content (AvgIpc) is 2.36. The molecule has 20 heavy (non-hydrogen) atoms. The maximum absolute atomic E-state index is 13.0. The van der Waals surface area contributed by atoms with Gasteiger partial charge in [-0.3, -0.25) is 4.79 Å². The molecule has 0 saturated carbocycles. The van der Waals surface area contributed by atoms with Crippen molar-refractivity contribution < 1.29 is 17.6 Å². The summed E-state index contributed by atoms with van der Waals surface area (Å²) in [6.45, 7) is 0. The second-order valence-corrected chi connectivity index (χ2v) is 4.17. The topological polar surface area (TPSA) is 45.8 Å². The Hall–Kier alpha value is -1.89. The van der Waals surface area contributed by atoms with Gasteiger partial charge in [-0.1, -0.05) is 0 Å². The lowest BCUT2D eigenvalue weighted by Gasteiger charge is -2.12. The van der Waals surface area contributed by atoms with Crippen molar-refractivity contribution in [3.63, 3.8) is 0 Å². The van der Waals surface area contributed by atoms with Crippen LogP contribution in [-0.4, -0.2) is 9.97 Å². The van der Waals surface area contributed by atoms with Gasteiger partial charge in [0.25, 0.3) is 5.56 Å². The fraction of sp³-hybridized carbons (Fsp3) is 0.167. The maximum Gasteiger partial charge on any atom is 0.417 e. The molecule has 0 aliphatic rings. The van der Waals surface area contributed by atoms with E-state index in [4.69, 9.17) is 11.6 Å². The third-order valence-electron chi connectivity index (χ3n) is 2.47. The first-order chi connectivity index (χ1) is 9.31. The number of H-pyrrole nitrogens is 1. The molecule has 0 aliphatic carbocycles. The molecule has 0 amide bonds. The third-order valence-corrected chi connectivity index (χ3v) is 2.75. The van der Waals surface area contributed by atoms with Crippen molar-refractivity contribution in [1.82, 2.24) is 9.97 Å². The van der Waals surface area contributed by atoms with Gasteiger partial charge in [0, 0.05) is 11.6 Å². The first-order valence-corrected chi connectivity index (χ1v) is 5.88. The summed E-state index contributed by atoms with van der Waals surface area (Å²) < 4.78 is 51.7. The van der Waals surface area contributed by atoms with E-state index in [1.165, 1.54) is 0 Å². The van der Waals surface area contributed by atoms with E-state index in [1.807, 2.05) is 0 Å². The second kappa shape index (κ2) is 5.24. The summed E-state index contributed by atoms with van der Waals surface area (Å²) in [7, 11) is 0. The Kier molecular flexibility index (Phi) is 3.80. The molecule has 1 aromatic carbocycles. The summed E-state index contributed by atoms with van der Waals surface area (Å²) in [6, 6.07) is 3.20. The molecule has 1 aromatic heterocycles. The largest absolute Gasteiger partial charge is 0.417 e. The van der Waals surface area contributed by atoms with Crippen LogP contribution in [0.25, 0.3) is 11.4 Å². The zero-order chi connectivity index (χ0) is 14.9. The molecule has 1 N–H and O–H groups in total. The van der Waals surface area contributed by atoms with Crippen LogP contribution in [-0.2, 0) is 12.1 Å².